The van der Waals surface area contributed by atoms with Gasteiger partial charge in [-0.15, -0.1) is 0 Å². The summed E-state index contributed by atoms with van der Waals surface area (Å²) in [7, 11) is 0. The monoisotopic (exact) mass is 317 g/mol. The van der Waals surface area contributed by atoms with Crippen molar-refractivity contribution in [3.63, 3.8) is 0 Å². The molecular weight excluding hydrogens is 302 g/mol. The van der Waals surface area contributed by atoms with Crippen LogP contribution in [0.1, 0.15) is 16.7 Å². The van der Waals surface area contributed by atoms with Crippen molar-refractivity contribution in [2.75, 3.05) is 0 Å². The lowest BCUT2D eigenvalue weighted by molar-refractivity contribution is -0.117. The van der Waals surface area contributed by atoms with Crippen LogP contribution in [0, 0.1) is 0 Å². The molecule has 0 aliphatic heterocycles. The molecule has 0 aliphatic carbocycles. The van der Waals surface area contributed by atoms with Crippen molar-refractivity contribution in [1.29, 1.82) is 0 Å². The number of nitrogens with two attached hydrogens (primary N) is 1. The van der Waals surface area contributed by atoms with Gasteiger partial charge in [-0.05, 0) is 28.8 Å². The number of benzene rings is 2. The van der Waals surface area contributed by atoms with E-state index in [4.69, 9.17) is 5.73 Å². The van der Waals surface area contributed by atoms with Crippen molar-refractivity contribution >= 4 is 21.7 Å². The Hall–Kier alpha value is -1.45. The first-order chi connectivity index (χ1) is 9.19. The molecule has 2 N–H and O–H groups in total. The van der Waals surface area contributed by atoms with Crippen LogP contribution in [0.2, 0.25) is 0 Å². The molecule has 0 aliphatic rings. The van der Waals surface area contributed by atoms with Gasteiger partial charge in [0.1, 0.15) is 5.78 Å². The first-order valence-corrected chi connectivity index (χ1v) is 7.01. The Morgan fingerprint density at radius 2 is 1.74 bits per heavy atom. The van der Waals surface area contributed by atoms with Crippen LogP contribution in [0.3, 0.4) is 0 Å². The summed E-state index contributed by atoms with van der Waals surface area (Å²) in [6.07, 6.45) is 0.901. The van der Waals surface area contributed by atoms with E-state index in [1.807, 2.05) is 48.5 Å². The van der Waals surface area contributed by atoms with Crippen LogP contribution in [0.4, 0.5) is 0 Å². The zero-order valence-electron chi connectivity index (χ0n) is 10.6. The number of rotatable bonds is 5. The molecule has 98 valence electrons. The molecule has 0 saturated carbocycles. The van der Waals surface area contributed by atoms with Crippen LogP contribution < -0.4 is 5.73 Å². The molecule has 2 aromatic rings. The molecule has 2 rings (SSSR count). The average Bonchev–Trinajstić information content (AvgIpc) is 2.39. The van der Waals surface area contributed by atoms with Gasteiger partial charge in [0.15, 0.2) is 0 Å². The molecule has 0 heterocycles. The minimum absolute atomic E-state index is 0.207. The van der Waals surface area contributed by atoms with Crippen molar-refractivity contribution in [1.82, 2.24) is 0 Å². The standard InChI is InChI=1S/C16H16BrNO/c17-15-7-3-4-12(8-15)9-16(19)10-13-5-1-2-6-14(13)11-18/h1-8H,9-11,18H2. The first-order valence-electron chi connectivity index (χ1n) is 6.22. The molecule has 19 heavy (non-hydrogen) atoms. The molecule has 0 saturated heterocycles. The van der Waals surface area contributed by atoms with Crippen molar-refractivity contribution in [2.24, 2.45) is 5.73 Å². The molecule has 0 atom stereocenters. The quantitative estimate of drug-likeness (QED) is 0.919. The van der Waals surface area contributed by atoms with E-state index in [1.165, 1.54) is 0 Å². The highest BCUT2D eigenvalue weighted by Gasteiger charge is 2.08. The lowest BCUT2D eigenvalue weighted by Gasteiger charge is -2.07. The summed E-state index contributed by atoms with van der Waals surface area (Å²) in [5.74, 6) is 0.207. The highest BCUT2D eigenvalue weighted by atomic mass is 79.9. The number of ketones is 1. The van der Waals surface area contributed by atoms with Crippen LogP contribution >= 0.6 is 15.9 Å². The smallest absolute Gasteiger partial charge is 0.141 e. The Bertz CT molecular complexity index is 580. The molecule has 0 aromatic heterocycles. The van der Waals surface area contributed by atoms with Crippen molar-refractivity contribution < 1.29 is 4.79 Å². The van der Waals surface area contributed by atoms with E-state index < -0.39 is 0 Å². The van der Waals surface area contributed by atoms with Gasteiger partial charge < -0.3 is 5.73 Å². The predicted octanol–water partition coefficient (Wildman–Crippen LogP) is 3.26. The summed E-state index contributed by atoms with van der Waals surface area (Å²) in [5, 5.41) is 0. The van der Waals surface area contributed by atoms with Crippen molar-refractivity contribution in [3.05, 3.63) is 69.7 Å². The van der Waals surface area contributed by atoms with E-state index in [0.29, 0.717) is 19.4 Å². The Balaban J connectivity index is 2.05. The van der Waals surface area contributed by atoms with E-state index in [2.05, 4.69) is 15.9 Å². The molecule has 2 aromatic carbocycles. The normalized spacial score (nSPS) is 10.4. The second-order valence-corrected chi connectivity index (χ2v) is 5.41. The van der Waals surface area contributed by atoms with Gasteiger partial charge >= 0.3 is 0 Å². The van der Waals surface area contributed by atoms with E-state index in [9.17, 15) is 4.79 Å². The van der Waals surface area contributed by atoms with Gasteiger partial charge in [0.05, 0.1) is 0 Å². The third kappa shape index (κ3) is 4.01. The number of hydrogen-bond donors (Lipinski definition) is 1. The van der Waals surface area contributed by atoms with E-state index in [-0.39, 0.29) is 5.78 Å². The van der Waals surface area contributed by atoms with Crippen LogP contribution in [0.5, 0.6) is 0 Å². The molecule has 0 fully saturated rings. The lowest BCUT2D eigenvalue weighted by atomic mass is 9.99. The Morgan fingerprint density at radius 3 is 2.42 bits per heavy atom. The van der Waals surface area contributed by atoms with Gasteiger partial charge in [-0.3, -0.25) is 4.79 Å². The molecule has 0 amide bonds. The van der Waals surface area contributed by atoms with Gasteiger partial charge in [0.25, 0.3) is 0 Å². The lowest BCUT2D eigenvalue weighted by Crippen LogP contribution is -2.10. The SMILES string of the molecule is NCc1ccccc1CC(=O)Cc1cccc(Br)c1. The Kier molecular flexibility index (Phi) is 4.88. The minimum atomic E-state index is 0.207. The molecule has 0 unspecified atom stereocenters. The third-order valence-electron chi connectivity index (χ3n) is 3.02. The van der Waals surface area contributed by atoms with Gasteiger partial charge in [-0.2, -0.15) is 0 Å². The maximum atomic E-state index is 12.1. The second-order valence-electron chi connectivity index (χ2n) is 4.49. The van der Waals surface area contributed by atoms with Crippen LogP contribution in [-0.2, 0) is 24.2 Å². The second kappa shape index (κ2) is 6.64. The molecular formula is C16H16BrNO. The van der Waals surface area contributed by atoms with E-state index in [0.717, 1.165) is 21.2 Å². The van der Waals surface area contributed by atoms with Gasteiger partial charge in [0.2, 0.25) is 0 Å². The average molecular weight is 318 g/mol. The largest absolute Gasteiger partial charge is 0.326 e. The summed E-state index contributed by atoms with van der Waals surface area (Å²) in [6.45, 7) is 0.473. The summed E-state index contributed by atoms with van der Waals surface area (Å²) >= 11 is 3.41. The summed E-state index contributed by atoms with van der Waals surface area (Å²) in [5.41, 5.74) is 8.79. The number of halogens is 1. The molecule has 0 spiro atoms. The molecule has 3 heteroatoms. The predicted molar refractivity (Wildman–Crippen MR) is 80.9 cm³/mol. The maximum Gasteiger partial charge on any atom is 0.141 e. The van der Waals surface area contributed by atoms with Gasteiger partial charge in [-0.25, -0.2) is 0 Å². The molecule has 0 radical (unpaired) electrons. The third-order valence-corrected chi connectivity index (χ3v) is 3.51. The fourth-order valence-electron chi connectivity index (χ4n) is 2.08. The first kappa shape index (κ1) is 14.0. The van der Waals surface area contributed by atoms with Crippen molar-refractivity contribution in [2.45, 2.75) is 19.4 Å². The zero-order valence-corrected chi connectivity index (χ0v) is 12.2. The number of carbonyl (C=O) groups excluding carboxylic acids is 1. The Labute approximate surface area is 121 Å². The number of Topliss-reactive ketones (excluding diaryl/α,β-unsaturated/α-hetero) is 1. The minimum Gasteiger partial charge on any atom is -0.326 e. The highest BCUT2D eigenvalue weighted by molar-refractivity contribution is 9.10. The fraction of sp³-hybridized carbons (Fsp3) is 0.188. The molecule has 0 bridgehead atoms. The Morgan fingerprint density at radius 1 is 1.00 bits per heavy atom. The maximum absolute atomic E-state index is 12.1. The zero-order chi connectivity index (χ0) is 13.7. The summed E-state index contributed by atoms with van der Waals surface area (Å²) in [6, 6.07) is 15.7. The van der Waals surface area contributed by atoms with Gasteiger partial charge in [-0.1, -0.05) is 52.3 Å². The molecule has 2 nitrogen and oxygen atoms in total. The van der Waals surface area contributed by atoms with Gasteiger partial charge in [0, 0.05) is 23.9 Å². The van der Waals surface area contributed by atoms with E-state index >= 15 is 0 Å². The van der Waals surface area contributed by atoms with Crippen molar-refractivity contribution in [3.8, 4) is 0 Å². The summed E-state index contributed by atoms with van der Waals surface area (Å²) in [4.78, 5) is 12.1. The number of hydrogen-bond acceptors (Lipinski definition) is 2. The number of carbonyl (C=O) groups is 1. The van der Waals surface area contributed by atoms with Crippen LogP contribution in [0.15, 0.2) is 53.0 Å². The highest BCUT2D eigenvalue weighted by Crippen LogP contribution is 2.14. The topological polar surface area (TPSA) is 43.1 Å². The van der Waals surface area contributed by atoms with Crippen LogP contribution in [0.25, 0.3) is 0 Å². The summed E-state index contributed by atoms with van der Waals surface area (Å²) < 4.78 is 1.00. The van der Waals surface area contributed by atoms with E-state index in [1.54, 1.807) is 0 Å². The fourth-order valence-corrected chi connectivity index (χ4v) is 2.53. The van der Waals surface area contributed by atoms with Crippen LogP contribution in [-0.4, -0.2) is 5.78 Å².